The summed E-state index contributed by atoms with van der Waals surface area (Å²) in [6, 6.07) is 2.99. The molecule has 0 aromatic heterocycles. The molecule has 0 amide bonds. The molecule has 0 saturated carbocycles. The molecule has 0 saturated heterocycles. The summed E-state index contributed by atoms with van der Waals surface area (Å²) in [4.78, 5) is -0.0997. The number of rotatable bonds is 5. The van der Waals surface area contributed by atoms with Crippen LogP contribution in [0.15, 0.2) is 21.5 Å². The molecule has 0 aliphatic carbocycles. The zero-order valence-electron chi connectivity index (χ0n) is 9.80. The second-order valence-corrected chi connectivity index (χ2v) is 7.17. The number of benzene rings is 1. The van der Waals surface area contributed by atoms with Crippen LogP contribution in [-0.2, 0) is 10.0 Å². The summed E-state index contributed by atoms with van der Waals surface area (Å²) in [6.45, 7) is 2.11. The first kappa shape index (κ1) is 16.2. The highest BCUT2D eigenvalue weighted by molar-refractivity contribution is 9.10. The van der Waals surface area contributed by atoms with Crippen molar-refractivity contribution in [2.75, 3.05) is 13.6 Å². The van der Waals surface area contributed by atoms with Gasteiger partial charge in [-0.1, -0.05) is 39.1 Å². The molecule has 1 aromatic rings. The number of nitrogens with one attached hydrogen (secondary N) is 2. The highest BCUT2D eigenvalue weighted by atomic mass is 79.9. The van der Waals surface area contributed by atoms with Crippen molar-refractivity contribution in [1.82, 2.24) is 10.0 Å². The van der Waals surface area contributed by atoms with Crippen LogP contribution in [0, 0.1) is 0 Å². The highest BCUT2D eigenvalue weighted by Gasteiger charge is 2.22. The van der Waals surface area contributed by atoms with Crippen LogP contribution >= 0.6 is 39.1 Å². The van der Waals surface area contributed by atoms with Crippen LogP contribution in [0.5, 0.6) is 0 Å². The Hall–Kier alpha value is 0.150. The van der Waals surface area contributed by atoms with E-state index in [1.165, 1.54) is 12.1 Å². The van der Waals surface area contributed by atoms with Gasteiger partial charge in [-0.2, -0.15) is 0 Å². The normalized spacial score (nSPS) is 13.6. The zero-order chi connectivity index (χ0) is 13.9. The summed E-state index contributed by atoms with van der Waals surface area (Å²) >= 11 is 15.0. The van der Waals surface area contributed by atoms with E-state index in [-0.39, 0.29) is 27.5 Å². The molecule has 1 rings (SSSR count). The molecule has 0 aliphatic rings. The minimum atomic E-state index is -3.72. The van der Waals surface area contributed by atoms with Crippen molar-refractivity contribution >= 4 is 49.2 Å². The zero-order valence-corrected chi connectivity index (χ0v) is 13.7. The fourth-order valence-electron chi connectivity index (χ4n) is 1.19. The molecule has 0 radical (unpaired) electrons. The molecule has 0 fully saturated rings. The lowest BCUT2D eigenvalue weighted by Crippen LogP contribution is -2.37. The number of hydrogen-bond acceptors (Lipinski definition) is 3. The Balaban J connectivity index is 3.06. The average molecular weight is 376 g/mol. The summed E-state index contributed by atoms with van der Waals surface area (Å²) in [5.41, 5.74) is 0. The maximum atomic E-state index is 12.1. The van der Waals surface area contributed by atoms with Gasteiger partial charge < -0.3 is 5.32 Å². The summed E-state index contributed by atoms with van der Waals surface area (Å²) in [7, 11) is -1.97. The van der Waals surface area contributed by atoms with Crippen LogP contribution in [0.1, 0.15) is 6.92 Å². The molecule has 1 aromatic carbocycles. The summed E-state index contributed by atoms with van der Waals surface area (Å²) in [5, 5.41) is 3.09. The second-order valence-electron chi connectivity index (χ2n) is 3.74. The van der Waals surface area contributed by atoms with Gasteiger partial charge in [-0.05, 0) is 26.1 Å². The molecule has 102 valence electrons. The van der Waals surface area contributed by atoms with E-state index in [9.17, 15) is 8.42 Å². The predicted octanol–water partition coefficient (Wildman–Crippen LogP) is 2.64. The molecule has 2 N–H and O–H groups in total. The van der Waals surface area contributed by atoms with E-state index < -0.39 is 10.0 Å². The third-order valence-electron chi connectivity index (χ3n) is 2.30. The maximum absolute atomic E-state index is 12.1. The minimum Gasteiger partial charge on any atom is -0.316 e. The summed E-state index contributed by atoms with van der Waals surface area (Å²) < 4.78 is 27.2. The largest absolute Gasteiger partial charge is 0.316 e. The topological polar surface area (TPSA) is 58.2 Å². The minimum absolute atomic E-state index is 0.00720. The fraction of sp³-hybridized carbons (Fsp3) is 0.400. The smallest absolute Gasteiger partial charge is 0.243 e. The lowest BCUT2D eigenvalue weighted by Gasteiger charge is -2.13. The van der Waals surface area contributed by atoms with E-state index >= 15 is 0 Å². The predicted molar refractivity (Wildman–Crippen MR) is 77.9 cm³/mol. The van der Waals surface area contributed by atoms with Gasteiger partial charge in [0.05, 0.1) is 10.0 Å². The molecular formula is C10H13BrCl2N2O2S. The van der Waals surface area contributed by atoms with Crippen molar-refractivity contribution < 1.29 is 8.42 Å². The Kier molecular flexibility index (Phi) is 5.89. The number of likely N-dealkylation sites (N-methyl/N-ethyl adjacent to an activating group) is 1. The lowest BCUT2D eigenvalue weighted by atomic mass is 10.4. The monoisotopic (exact) mass is 374 g/mol. The van der Waals surface area contributed by atoms with E-state index in [1.54, 1.807) is 7.05 Å². The lowest BCUT2D eigenvalue weighted by molar-refractivity contribution is 0.554. The van der Waals surface area contributed by atoms with Gasteiger partial charge in [0, 0.05) is 17.1 Å². The van der Waals surface area contributed by atoms with Gasteiger partial charge in [0.15, 0.2) is 0 Å². The first-order valence-electron chi connectivity index (χ1n) is 5.09. The third kappa shape index (κ3) is 4.08. The molecule has 8 heteroatoms. The van der Waals surface area contributed by atoms with E-state index in [0.717, 1.165) is 0 Å². The van der Waals surface area contributed by atoms with Crippen molar-refractivity contribution in [3.63, 3.8) is 0 Å². The van der Waals surface area contributed by atoms with E-state index in [4.69, 9.17) is 23.2 Å². The Morgan fingerprint density at radius 1 is 1.33 bits per heavy atom. The van der Waals surface area contributed by atoms with Crippen molar-refractivity contribution in [1.29, 1.82) is 0 Å². The quantitative estimate of drug-likeness (QED) is 0.831. The highest BCUT2D eigenvalue weighted by Crippen LogP contribution is 2.32. The Morgan fingerprint density at radius 2 is 1.83 bits per heavy atom. The van der Waals surface area contributed by atoms with Gasteiger partial charge in [0.2, 0.25) is 10.0 Å². The van der Waals surface area contributed by atoms with Gasteiger partial charge in [-0.15, -0.1) is 0 Å². The summed E-state index contributed by atoms with van der Waals surface area (Å²) in [6.07, 6.45) is 0. The number of hydrogen-bond donors (Lipinski definition) is 2. The standard InChI is InChI=1S/C10H13BrCl2N2O2S/c1-6(14-2)5-15-18(16,17)10-8(12)3-7(11)4-9(10)13/h3-4,6,14-15H,5H2,1-2H3. The molecule has 0 aliphatic heterocycles. The van der Waals surface area contributed by atoms with E-state index in [1.807, 2.05) is 6.92 Å². The van der Waals surface area contributed by atoms with Crippen LogP contribution < -0.4 is 10.0 Å². The van der Waals surface area contributed by atoms with Crippen LogP contribution in [0.4, 0.5) is 0 Å². The van der Waals surface area contributed by atoms with Crippen LogP contribution in [0.2, 0.25) is 10.0 Å². The molecule has 1 unspecified atom stereocenters. The van der Waals surface area contributed by atoms with Crippen LogP contribution in [-0.4, -0.2) is 28.1 Å². The first-order chi connectivity index (χ1) is 8.27. The summed E-state index contributed by atoms with van der Waals surface area (Å²) in [5.74, 6) is 0. The molecular weight excluding hydrogens is 363 g/mol. The van der Waals surface area contributed by atoms with Gasteiger partial charge in [-0.3, -0.25) is 0 Å². The third-order valence-corrected chi connectivity index (χ3v) is 5.11. The van der Waals surface area contributed by atoms with Gasteiger partial charge in [0.1, 0.15) is 4.90 Å². The Labute approximate surface area is 125 Å². The number of sulfonamides is 1. The van der Waals surface area contributed by atoms with Crippen LogP contribution in [0.3, 0.4) is 0 Å². The van der Waals surface area contributed by atoms with Crippen LogP contribution in [0.25, 0.3) is 0 Å². The number of halogens is 3. The van der Waals surface area contributed by atoms with E-state index in [2.05, 4.69) is 26.0 Å². The van der Waals surface area contributed by atoms with Crippen molar-refractivity contribution in [3.05, 3.63) is 26.7 Å². The van der Waals surface area contributed by atoms with Gasteiger partial charge >= 0.3 is 0 Å². The molecule has 1 atom stereocenters. The second kappa shape index (κ2) is 6.54. The molecule has 0 bridgehead atoms. The fourth-order valence-corrected chi connectivity index (χ4v) is 4.26. The first-order valence-corrected chi connectivity index (χ1v) is 8.12. The van der Waals surface area contributed by atoms with E-state index in [0.29, 0.717) is 4.47 Å². The van der Waals surface area contributed by atoms with Gasteiger partial charge in [0.25, 0.3) is 0 Å². The molecule has 0 spiro atoms. The van der Waals surface area contributed by atoms with Crippen molar-refractivity contribution in [2.24, 2.45) is 0 Å². The molecule has 18 heavy (non-hydrogen) atoms. The van der Waals surface area contributed by atoms with Crippen molar-refractivity contribution in [2.45, 2.75) is 17.9 Å². The molecule has 4 nitrogen and oxygen atoms in total. The molecule has 0 heterocycles. The SMILES string of the molecule is CNC(C)CNS(=O)(=O)c1c(Cl)cc(Br)cc1Cl. The Bertz CT molecular complexity index is 514. The Morgan fingerprint density at radius 3 is 2.28 bits per heavy atom. The maximum Gasteiger partial charge on any atom is 0.243 e. The van der Waals surface area contributed by atoms with Crippen molar-refractivity contribution in [3.8, 4) is 0 Å². The van der Waals surface area contributed by atoms with Gasteiger partial charge in [-0.25, -0.2) is 13.1 Å². The average Bonchev–Trinajstić information content (AvgIpc) is 2.24.